The van der Waals surface area contributed by atoms with Gasteiger partial charge in [-0.3, -0.25) is 4.79 Å². The van der Waals surface area contributed by atoms with Gasteiger partial charge in [-0.05, 0) is 26.7 Å². The predicted octanol–water partition coefficient (Wildman–Crippen LogP) is 1.13. The highest BCUT2D eigenvalue weighted by atomic mass is 32.1. The van der Waals surface area contributed by atoms with Gasteiger partial charge >= 0.3 is 0 Å². The van der Waals surface area contributed by atoms with Gasteiger partial charge in [-0.25, -0.2) is 9.98 Å². The zero-order valence-electron chi connectivity index (χ0n) is 12.8. The van der Waals surface area contributed by atoms with Crippen molar-refractivity contribution in [3.63, 3.8) is 0 Å². The fourth-order valence-corrected chi connectivity index (χ4v) is 2.52. The van der Waals surface area contributed by atoms with Crippen LogP contribution in [-0.4, -0.2) is 47.9 Å². The lowest BCUT2D eigenvalue weighted by atomic mass is 10.4. The maximum absolute atomic E-state index is 11.7. The van der Waals surface area contributed by atoms with Crippen molar-refractivity contribution in [3.05, 3.63) is 16.1 Å². The summed E-state index contributed by atoms with van der Waals surface area (Å²) in [5.74, 6) is 0.722. The third kappa shape index (κ3) is 5.34. The molecule has 0 aliphatic heterocycles. The van der Waals surface area contributed by atoms with E-state index in [1.807, 2.05) is 25.8 Å². The van der Waals surface area contributed by atoms with E-state index in [0.29, 0.717) is 12.6 Å². The van der Waals surface area contributed by atoms with Crippen LogP contribution in [-0.2, 0) is 11.3 Å². The topological polar surface area (TPSA) is 69.6 Å². The van der Waals surface area contributed by atoms with Crippen molar-refractivity contribution in [3.8, 4) is 0 Å². The van der Waals surface area contributed by atoms with Crippen molar-refractivity contribution in [1.82, 2.24) is 20.5 Å². The van der Waals surface area contributed by atoms with Gasteiger partial charge in [-0.1, -0.05) is 0 Å². The summed E-state index contributed by atoms with van der Waals surface area (Å²) in [4.78, 5) is 22.5. The number of aryl methyl sites for hydroxylation is 1. The molecule has 7 heteroatoms. The molecular weight excluding hydrogens is 286 g/mol. The van der Waals surface area contributed by atoms with Crippen LogP contribution in [0.5, 0.6) is 0 Å². The molecule has 0 spiro atoms. The largest absolute Gasteiger partial charge is 0.357 e. The van der Waals surface area contributed by atoms with E-state index < -0.39 is 0 Å². The summed E-state index contributed by atoms with van der Waals surface area (Å²) in [5.41, 5.74) is 1.02. The van der Waals surface area contributed by atoms with Crippen LogP contribution in [0.25, 0.3) is 0 Å². The molecule has 116 valence electrons. The lowest BCUT2D eigenvalue weighted by Crippen LogP contribution is -2.39. The number of thiazole rings is 1. The molecule has 21 heavy (non-hydrogen) atoms. The SMILES string of the molecule is CCNC(=NCC(=O)NC1CC1)N(C)Cc1csc(C)n1. The first kappa shape index (κ1) is 15.8. The highest BCUT2D eigenvalue weighted by Crippen LogP contribution is 2.18. The average molecular weight is 309 g/mol. The maximum atomic E-state index is 11.7. The standard InChI is InChI=1S/C14H23N5OS/c1-4-15-14(16-7-13(20)18-11-5-6-11)19(3)8-12-9-21-10(2)17-12/h9,11H,4-8H2,1-3H3,(H,15,16)(H,18,20). The number of rotatable bonds is 6. The van der Waals surface area contributed by atoms with Crippen molar-refractivity contribution in [1.29, 1.82) is 0 Å². The number of nitrogens with zero attached hydrogens (tertiary/aromatic N) is 3. The second-order valence-electron chi connectivity index (χ2n) is 5.23. The van der Waals surface area contributed by atoms with Crippen LogP contribution in [0.2, 0.25) is 0 Å². The molecule has 2 N–H and O–H groups in total. The number of aromatic nitrogens is 1. The molecule has 1 aliphatic carbocycles. The molecule has 1 aliphatic rings. The van der Waals surface area contributed by atoms with E-state index in [1.165, 1.54) is 0 Å². The number of hydrogen-bond acceptors (Lipinski definition) is 4. The van der Waals surface area contributed by atoms with Crippen LogP contribution in [0.4, 0.5) is 0 Å². The molecule has 1 aromatic rings. The van der Waals surface area contributed by atoms with E-state index in [0.717, 1.165) is 36.0 Å². The predicted molar refractivity (Wildman–Crippen MR) is 85.5 cm³/mol. The molecule has 1 fully saturated rings. The molecule has 1 amide bonds. The van der Waals surface area contributed by atoms with E-state index in [9.17, 15) is 4.79 Å². The molecule has 0 bridgehead atoms. The van der Waals surface area contributed by atoms with Gasteiger partial charge in [-0.15, -0.1) is 11.3 Å². The van der Waals surface area contributed by atoms with Gasteiger partial charge in [0.1, 0.15) is 6.54 Å². The summed E-state index contributed by atoms with van der Waals surface area (Å²) in [6.07, 6.45) is 2.19. The molecule has 6 nitrogen and oxygen atoms in total. The first-order chi connectivity index (χ1) is 10.1. The fourth-order valence-electron chi connectivity index (χ4n) is 1.92. The molecule has 0 atom stereocenters. The Morgan fingerprint density at radius 2 is 2.33 bits per heavy atom. The Hall–Kier alpha value is -1.63. The third-order valence-corrected chi connectivity index (χ3v) is 3.90. The second-order valence-corrected chi connectivity index (χ2v) is 6.29. The summed E-state index contributed by atoms with van der Waals surface area (Å²) >= 11 is 1.64. The Morgan fingerprint density at radius 1 is 1.57 bits per heavy atom. The van der Waals surface area contributed by atoms with Crippen LogP contribution < -0.4 is 10.6 Å². The minimum atomic E-state index is -0.00851. The Labute approximate surface area is 129 Å². The van der Waals surface area contributed by atoms with Gasteiger partial charge in [0.15, 0.2) is 5.96 Å². The van der Waals surface area contributed by atoms with E-state index in [4.69, 9.17) is 0 Å². The summed E-state index contributed by atoms with van der Waals surface area (Å²) in [6.45, 7) is 5.62. The Balaban J connectivity index is 1.90. The van der Waals surface area contributed by atoms with Gasteiger partial charge in [0.2, 0.25) is 5.91 Å². The molecule has 0 aromatic carbocycles. The van der Waals surface area contributed by atoms with Crippen molar-refractivity contribution >= 4 is 23.2 Å². The van der Waals surface area contributed by atoms with Crippen molar-refractivity contribution in [2.24, 2.45) is 4.99 Å². The minimum absolute atomic E-state index is 0.00851. The van der Waals surface area contributed by atoms with Crippen LogP contribution >= 0.6 is 11.3 Å². The molecule has 0 unspecified atom stereocenters. The summed E-state index contributed by atoms with van der Waals surface area (Å²) in [6, 6.07) is 0.381. The number of carbonyl (C=O) groups excluding carboxylic acids is 1. The Morgan fingerprint density at radius 3 is 2.90 bits per heavy atom. The quantitative estimate of drug-likeness (QED) is 0.610. The first-order valence-electron chi connectivity index (χ1n) is 7.28. The first-order valence-corrected chi connectivity index (χ1v) is 8.16. The van der Waals surface area contributed by atoms with E-state index in [-0.39, 0.29) is 12.5 Å². The smallest absolute Gasteiger partial charge is 0.242 e. The van der Waals surface area contributed by atoms with Crippen LogP contribution in [0.15, 0.2) is 10.4 Å². The molecule has 0 saturated heterocycles. The van der Waals surface area contributed by atoms with Gasteiger partial charge < -0.3 is 15.5 Å². The molecular formula is C14H23N5OS. The molecule has 1 aromatic heterocycles. The zero-order chi connectivity index (χ0) is 15.2. The van der Waals surface area contributed by atoms with Gasteiger partial charge in [0.05, 0.1) is 17.2 Å². The Bertz CT molecular complexity index is 509. The summed E-state index contributed by atoms with van der Waals surface area (Å²) in [5, 5.41) is 9.26. The molecule has 1 saturated carbocycles. The van der Waals surface area contributed by atoms with E-state index in [1.54, 1.807) is 11.3 Å². The zero-order valence-corrected chi connectivity index (χ0v) is 13.7. The number of aliphatic imine (C=N–C) groups is 1. The number of carbonyl (C=O) groups is 1. The van der Waals surface area contributed by atoms with Crippen molar-refractivity contribution in [2.75, 3.05) is 20.1 Å². The summed E-state index contributed by atoms with van der Waals surface area (Å²) < 4.78 is 0. The maximum Gasteiger partial charge on any atom is 0.242 e. The molecule has 0 radical (unpaired) electrons. The van der Waals surface area contributed by atoms with Gasteiger partial charge in [0, 0.05) is 25.0 Å². The van der Waals surface area contributed by atoms with Gasteiger partial charge in [0.25, 0.3) is 0 Å². The minimum Gasteiger partial charge on any atom is -0.357 e. The lowest BCUT2D eigenvalue weighted by Gasteiger charge is -2.21. The average Bonchev–Trinajstić information content (AvgIpc) is 3.15. The van der Waals surface area contributed by atoms with Crippen LogP contribution in [0.3, 0.4) is 0 Å². The van der Waals surface area contributed by atoms with E-state index >= 15 is 0 Å². The second kappa shape index (κ2) is 7.40. The number of hydrogen-bond donors (Lipinski definition) is 2. The Kier molecular flexibility index (Phi) is 5.55. The van der Waals surface area contributed by atoms with Crippen LogP contribution in [0, 0.1) is 6.92 Å². The van der Waals surface area contributed by atoms with Crippen LogP contribution in [0.1, 0.15) is 30.5 Å². The van der Waals surface area contributed by atoms with Crippen molar-refractivity contribution in [2.45, 2.75) is 39.3 Å². The number of amides is 1. The lowest BCUT2D eigenvalue weighted by molar-refractivity contribution is -0.119. The fraction of sp³-hybridized carbons (Fsp3) is 0.643. The highest BCUT2D eigenvalue weighted by molar-refractivity contribution is 7.09. The monoisotopic (exact) mass is 309 g/mol. The summed E-state index contributed by atoms with van der Waals surface area (Å²) in [7, 11) is 1.95. The van der Waals surface area contributed by atoms with Crippen molar-refractivity contribution < 1.29 is 4.79 Å². The normalized spacial score (nSPS) is 14.9. The van der Waals surface area contributed by atoms with E-state index in [2.05, 4.69) is 26.0 Å². The highest BCUT2D eigenvalue weighted by Gasteiger charge is 2.23. The molecule has 2 rings (SSSR count). The van der Waals surface area contributed by atoms with Gasteiger partial charge in [-0.2, -0.15) is 0 Å². The number of nitrogens with one attached hydrogen (secondary N) is 2. The number of guanidine groups is 1. The molecule has 1 heterocycles. The third-order valence-electron chi connectivity index (χ3n) is 3.08.